The minimum absolute atomic E-state index is 0.0413. The maximum atomic E-state index is 12.1. The number of hydrogen-bond acceptors (Lipinski definition) is 7. The highest BCUT2D eigenvalue weighted by Crippen LogP contribution is 2.28. The maximum absolute atomic E-state index is 12.1. The van der Waals surface area contributed by atoms with Crippen LogP contribution in [0.4, 0.5) is 0 Å². The van der Waals surface area contributed by atoms with Gasteiger partial charge < -0.3 is 14.3 Å². The zero-order chi connectivity index (χ0) is 24.4. The molecule has 34 heavy (non-hydrogen) atoms. The zero-order valence-corrected chi connectivity index (χ0v) is 20.5. The van der Waals surface area contributed by atoms with Gasteiger partial charge in [-0.1, -0.05) is 26.0 Å². The lowest BCUT2D eigenvalue weighted by molar-refractivity contribution is 0.578. The average Bonchev–Trinajstić information content (AvgIpc) is 3.28. The van der Waals surface area contributed by atoms with Crippen molar-refractivity contribution in [2.45, 2.75) is 60.2 Å². The van der Waals surface area contributed by atoms with Gasteiger partial charge in [0, 0.05) is 42.0 Å². The molecule has 0 atom stereocenters. The summed E-state index contributed by atoms with van der Waals surface area (Å²) in [6, 6.07) is 9.97. The molecule has 0 aliphatic carbocycles. The van der Waals surface area contributed by atoms with Crippen molar-refractivity contribution < 1.29 is 4.42 Å². The third kappa shape index (κ3) is 4.97. The molecule has 0 aliphatic heterocycles. The summed E-state index contributed by atoms with van der Waals surface area (Å²) in [5.74, 6) is 0.750. The highest BCUT2D eigenvalue weighted by molar-refractivity contribution is 5.64. The lowest BCUT2D eigenvalue weighted by Gasteiger charge is -2.11. The predicted octanol–water partition coefficient (Wildman–Crippen LogP) is 4.72. The van der Waals surface area contributed by atoms with Crippen LogP contribution in [-0.2, 0) is 6.54 Å². The van der Waals surface area contributed by atoms with E-state index >= 15 is 0 Å². The van der Waals surface area contributed by atoms with E-state index in [1.54, 1.807) is 29.1 Å². The number of benzene rings is 1. The number of hydrogen-bond donors (Lipinski definition) is 1. The van der Waals surface area contributed by atoms with Gasteiger partial charge in [-0.25, -0.2) is 4.98 Å². The van der Waals surface area contributed by atoms with Crippen molar-refractivity contribution in [1.82, 2.24) is 30.0 Å². The number of rotatable bonds is 7. The standard InChI is InChI=1S/C26H30N6O2/c1-15(2)27-12-19-7-9-21(17(5)11-19)25-30-31-26(34-25)24-18(6)28-13-22(29-24)20-8-10-23(33)32(14-20)16(3)4/h7-11,13-16,27H,12H2,1-6H3. The third-order valence-electron chi connectivity index (χ3n) is 5.61. The Hall–Kier alpha value is -3.65. The fourth-order valence-corrected chi connectivity index (χ4v) is 3.68. The van der Waals surface area contributed by atoms with E-state index in [1.807, 2.05) is 33.8 Å². The Morgan fingerprint density at radius 3 is 2.50 bits per heavy atom. The molecular formula is C26H30N6O2. The van der Waals surface area contributed by atoms with Gasteiger partial charge in [0.2, 0.25) is 5.89 Å². The summed E-state index contributed by atoms with van der Waals surface area (Å²) in [6.45, 7) is 12.9. The molecule has 0 unspecified atom stereocenters. The Morgan fingerprint density at radius 2 is 1.79 bits per heavy atom. The number of aromatic nitrogens is 5. The lowest BCUT2D eigenvalue weighted by Crippen LogP contribution is -2.21. The molecule has 0 aliphatic rings. The van der Waals surface area contributed by atoms with Crippen LogP contribution >= 0.6 is 0 Å². The maximum Gasteiger partial charge on any atom is 0.268 e. The topological polar surface area (TPSA) is 98.7 Å². The van der Waals surface area contributed by atoms with E-state index in [4.69, 9.17) is 9.40 Å². The Kier molecular flexibility index (Phi) is 6.70. The predicted molar refractivity (Wildman–Crippen MR) is 132 cm³/mol. The van der Waals surface area contributed by atoms with Gasteiger partial charge in [-0.3, -0.25) is 9.78 Å². The molecule has 1 N–H and O–H groups in total. The van der Waals surface area contributed by atoms with Crippen molar-refractivity contribution in [3.05, 3.63) is 69.9 Å². The molecule has 1 aromatic carbocycles. The first-order valence-electron chi connectivity index (χ1n) is 11.5. The number of nitrogens with one attached hydrogen (secondary N) is 1. The number of nitrogens with zero attached hydrogens (tertiary/aromatic N) is 5. The lowest BCUT2D eigenvalue weighted by atomic mass is 10.0. The highest BCUT2D eigenvalue weighted by atomic mass is 16.4. The van der Waals surface area contributed by atoms with E-state index < -0.39 is 0 Å². The fourth-order valence-electron chi connectivity index (χ4n) is 3.68. The highest BCUT2D eigenvalue weighted by Gasteiger charge is 2.18. The van der Waals surface area contributed by atoms with Crippen LogP contribution in [0.25, 0.3) is 34.3 Å². The monoisotopic (exact) mass is 458 g/mol. The Balaban J connectivity index is 1.66. The second-order valence-electron chi connectivity index (χ2n) is 9.04. The molecular weight excluding hydrogens is 428 g/mol. The van der Waals surface area contributed by atoms with Crippen LogP contribution in [0.3, 0.4) is 0 Å². The summed E-state index contributed by atoms with van der Waals surface area (Å²) < 4.78 is 7.70. The van der Waals surface area contributed by atoms with Crippen LogP contribution in [0.5, 0.6) is 0 Å². The summed E-state index contributed by atoms with van der Waals surface area (Å²) in [6.07, 6.45) is 3.49. The van der Waals surface area contributed by atoms with Crippen LogP contribution in [0.2, 0.25) is 0 Å². The van der Waals surface area contributed by atoms with Crippen molar-refractivity contribution >= 4 is 0 Å². The van der Waals surface area contributed by atoms with Crippen LogP contribution in [0, 0.1) is 13.8 Å². The van der Waals surface area contributed by atoms with Crippen molar-refractivity contribution in [3.63, 3.8) is 0 Å². The van der Waals surface area contributed by atoms with Gasteiger partial charge in [0.1, 0.15) is 5.69 Å². The molecule has 4 rings (SSSR count). The third-order valence-corrected chi connectivity index (χ3v) is 5.61. The Bertz CT molecular complexity index is 1370. The summed E-state index contributed by atoms with van der Waals surface area (Å²) in [7, 11) is 0. The quantitative estimate of drug-likeness (QED) is 0.428. The van der Waals surface area contributed by atoms with Gasteiger partial charge >= 0.3 is 0 Å². The molecule has 0 saturated heterocycles. The van der Waals surface area contributed by atoms with Gasteiger partial charge in [0.05, 0.1) is 17.6 Å². The minimum atomic E-state index is -0.0537. The molecule has 0 radical (unpaired) electrons. The SMILES string of the molecule is Cc1cc(CNC(C)C)ccc1-c1nnc(-c2nc(-c3ccc(=O)n(C(C)C)c3)cnc2C)o1. The van der Waals surface area contributed by atoms with Gasteiger partial charge in [0.25, 0.3) is 11.4 Å². The van der Waals surface area contributed by atoms with Crippen LogP contribution < -0.4 is 10.9 Å². The van der Waals surface area contributed by atoms with Crippen molar-refractivity contribution in [3.8, 4) is 34.3 Å². The molecule has 0 amide bonds. The van der Waals surface area contributed by atoms with E-state index in [0.717, 1.165) is 23.2 Å². The van der Waals surface area contributed by atoms with Crippen molar-refractivity contribution in [2.24, 2.45) is 0 Å². The molecule has 3 aromatic heterocycles. The largest absolute Gasteiger partial charge is 0.415 e. The van der Waals surface area contributed by atoms with Gasteiger partial charge in [0.15, 0.2) is 0 Å². The number of pyridine rings is 1. The first-order chi connectivity index (χ1) is 16.2. The molecule has 0 bridgehead atoms. The molecule has 8 nitrogen and oxygen atoms in total. The second kappa shape index (κ2) is 9.69. The van der Waals surface area contributed by atoms with E-state index in [9.17, 15) is 4.79 Å². The van der Waals surface area contributed by atoms with E-state index in [1.165, 1.54) is 5.56 Å². The molecule has 0 saturated carbocycles. The van der Waals surface area contributed by atoms with Crippen LogP contribution in [0.15, 0.2) is 51.9 Å². The van der Waals surface area contributed by atoms with Crippen LogP contribution in [-0.4, -0.2) is 30.8 Å². The molecule has 0 fully saturated rings. The van der Waals surface area contributed by atoms with Gasteiger partial charge in [-0.15, -0.1) is 10.2 Å². The first kappa shape index (κ1) is 23.5. The summed E-state index contributed by atoms with van der Waals surface area (Å²) >= 11 is 0. The van der Waals surface area contributed by atoms with Crippen molar-refractivity contribution in [2.75, 3.05) is 0 Å². The van der Waals surface area contributed by atoms with E-state index in [0.29, 0.717) is 34.9 Å². The Morgan fingerprint density at radius 1 is 1.03 bits per heavy atom. The summed E-state index contributed by atoms with van der Waals surface area (Å²) in [5.41, 5.74) is 5.73. The molecule has 3 heterocycles. The van der Waals surface area contributed by atoms with Gasteiger partial charge in [-0.2, -0.15) is 0 Å². The minimum Gasteiger partial charge on any atom is -0.415 e. The van der Waals surface area contributed by atoms with E-state index in [-0.39, 0.29) is 11.6 Å². The number of aryl methyl sites for hydroxylation is 2. The summed E-state index contributed by atoms with van der Waals surface area (Å²) in [4.78, 5) is 21.4. The first-order valence-corrected chi connectivity index (χ1v) is 11.5. The molecule has 176 valence electrons. The molecule has 8 heteroatoms. The molecule has 4 aromatic rings. The fraction of sp³-hybridized carbons (Fsp3) is 0.346. The molecule has 0 spiro atoms. The van der Waals surface area contributed by atoms with Crippen molar-refractivity contribution in [1.29, 1.82) is 0 Å². The average molecular weight is 459 g/mol. The summed E-state index contributed by atoms with van der Waals surface area (Å²) in [5, 5.41) is 12.0. The second-order valence-corrected chi connectivity index (χ2v) is 9.04. The normalized spacial score (nSPS) is 11.5. The van der Waals surface area contributed by atoms with Crippen LogP contribution in [0.1, 0.15) is 50.6 Å². The van der Waals surface area contributed by atoms with E-state index in [2.05, 4.69) is 46.5 Å². The van der Waals surface area contributed by atoms with Gasteiger partial charge in [-0.05, 0) is 51.0 Å². The zero-order valence-electron chi connectivity index (χ0n) is 20.5. The smallest absolute Gasteiger partial charge is 0.268 e. The Labute approximate surface area is 199 Å².